The number of aryl methyl sites for hydroxylation is 1. The largest absolute Gasteiger partial charge is 0.262 e. The number of unbranched alkanes of at least 4 members (excludes halogenated alkanes) is 6. The summed E-state index contributed by atoms with van der Waals surface area (Å²) in [4.78, 5) is 4.48. The zero-order valence-electron chi connectivity index (χ0n) is 12.9. The molecular formula is C16H26ClN3S. The number of H-pyrrole nitrogens is 1. The Morgan fingerprint density at radius 3 is 2.67 bits per heavy atom. The first-order valence-corrected chi connectivity index (χ1v) is 9.06. The van der Waals surface area contributed by atoms with Crippen LogP contribution >= 0.6 is 23.4 Å². The summed E-state index contributed by atoms with van der Waals surface area (Å²) in [6.07, 6.45) is 13.8. The lowest BCUT2D eigenvalue weighted by atomic mass is 10.1. The Morgan fingerprint density at radius 1 is 1.24 bits per heavy atom. The second-order valence-electron chi connectivity index (χ2n) is 5.12. The van der Waals surface area contributed by atoms with Gasteiger partial charge < -0.3 is 0 Å². The number of hydrogen-bond donors (Lipinski definition) is 1. The van der Waals surface area contributed by atoms with Crippen LogP contribution < -0.4 is 0 Å². The van der Waals surface area contributed by atoms with Crippen molar-refractivity contribution >= 4 is 23.4 Å². The molecule has 0 amide bonds. The summed E-state index contributed by atoms with van der Waals surface area (Å²) in [5.41, 5.74) is 0. The molecule has 21 heavy (non-hydrogen) atoms. The van der Waals surface area contributed by atoms with Crippen molar-refractivity contribution in [3.05, 3.63) is 29.6 Å². The number of aromatic nitrogens is 3. The summed E-state index contributed by atoms with van der Waals surface area (Å²) in [5.74, 6) is 1.81. The maximum absolute atomic E-state index is 5.78. The van der Waals surface area contributed by atoms with Crippen LogP contribution in [0.15, 0.2) is 28.9 Å². The highest BCUT2D eigenvalue weighted by Gasteiger charge is 2.03. The van der Waals surface area contributed by atoms with Crippen molar-refractivity contribution < 1.29 is 0 Å². The van der Waals surface area contributed by atoms with Crippen molar-refractivity contribution in [2.24, 2.45) is 0 Å². The van der Waals surface area contributed by atoms with Crippen LogP contribution in [-0.2, 0) is 6.42 Å². The summed E-state index contributed by atoms with van der Waals surface area (Å²) in [6.45, 7) is 5.62. The summed E-state index contributed by atoms with van der Waals surface area (Å²) in [7, 11) is 0. The van der Waals surface area contributed by atoms with Crippen LogP contribution in [0, 0.1) is 0 Å². The van der Waals surface area contributed by atoms with Gasteiger partial charge in [-0.3, -0.25) is 5.10 Å². The van der Waals surface area contributed by atoms with Gasteiger partial charge in [0.1, 0.15) is 5.82 Å². The normalized spacial score (nSPS) is 11.8. The Kier molecular flexibility index (Phi) is 10.3. The third-order valence-corrected chi connectivity index (χ3v) is 4.09. The van der Waals surface area contributed by atoms with Crippen molar-refractivity contribution in [2.75, 3.05) is 5.75 Å². The van der Waals surface area contributed by atoms with Gasteiger partial charge in [-0.15, -0.1) is 11.7 Å². The number of allylic oxidation sites excluding steroid dienone is 2. The van der Waals surface area contributed by atoms with Crippen molar-refractivity contribution in [2.45, 2.75) is 63.4 Å². The number of hydrogen-bond acceptors (Lipinski definition) is 3. The van der Waals surface area contributed by atoms with E-state index in [9.17, 15) is 0 Å². The van der Waals surface area contributed by atoms with Gasteiger partial charge in [-0.05, 0) is 26.2 Å². The standard InChI is InChI=1S/C16H26ClN3S/c1-3-4-5-6-7-8-9-10-11-15-18-16(20-19-15)21-13-12-14(2)17/h3,12H,1,4-11,13H2,2H3,(H,18,19,20). The second kappa shape index (κ2) is 11.9. The molecule has 0 spiro atoms. The minimum Gasteiger partial charge on any atom is -0.262 e. The fourth-order valence-corrected chi connectivity index (χ4v) is 2.91. The van der Waals surface area contributed by atoms with Gasteiger partial charge in [0.2, 0.25) is 5.16 Å². The van der Waals surface area contributed by atoms with Crippen molar-refractivity contribution in [3.63, 3.8) is 0 Å². The SMILES string of the molecule is C=CCCCCCCCCc1nc(SCC=C(C)Cl)n[nH]1. The van der Waals surface area contributed by atoms with E-state index in [0.29, 0.717) is 0 Å². The lowest BCUT2D eigenvalue weighted by Gasteiger charge is -1.99. The first-order valence-electron chi connectivity index (χ1n) is 7.69. The van der Waals surface area contributed by atoms with Gasteiger partial charge in [-0.2, -0.15) is 0 Å². The average molecular weight is 328 g/mol. The van der Waals surface area contributed by atoms with Gasteiger partial charge in [0.25, 0.3) is 0 Å². The van der Waals surface area contributed by atoms with Gasteiger partial charge in [0.15, 0.2) is 0 Å². The van der Waals surface area contributed by atoms with Crippen LogP contribution in [-0.4, -0.2) is 20.9 Å². The molecule has 0 bridgehead atoms. The zero-order chi connectivity index (χ0) is 15.3. The molecule has 0 atom stereocenters. The van der Waals surface area contributed by atoms with E-state index in [4.69, 9.17) is 11.6 Å². The third-order valence-electron chi connectivity index (χ3n) is 3.16. The van der Waals surface area contributed by atoms with Crippen LogP contribution in [0.25, 0.3) is 0 Å². The third kappa shape index (κ3) is 9.75. The molecule has 118 valence electrons. The van der Waals surface area contributed by atoms with Crippen LogP contribution in [0.2, 0.25) is 0 Å². The van der Waals surface area contributed by atoms with Crippen LogP contribution in [0.5, 0.6) is 0 Å². The molecule has 1 heterocycles. The number of nitrogens with zero attached hydrogens (tertiary/aromatic N) is 2. The van der Waals surface area contributed by atoms with E-state index in [0.717, 1.165) is 34.6 Å². The van der Waals surface area contributed by atoms with Gasteiger partial charge in [-0.1, -0.05) is 61.2 Å². The van der Waals surface area contributed by atoms with E-state index in [1.54, 1.807) is 11.8 Å². The van der Waals surface area contributed by atoms with Gasteiger partial charge >= 0.3 is 0 Å². The number of rotatable bonds is 12. The summed E-state index contributed by atoms with van der Waals surface area (Å²) in [6, 6.07) is 0. The Labute approximate surface area is 137 Å². The Hall–Kier alpha value is -0.740. The Bertz CT molecular complexity index is 425. The predicted molar refractivity (Wildman–Crippen MR) is 92.9 cm³/mol. The number of nitrogens with one attached hydrogen (secondary N) is 1. The van der Waals surface area contributed by atoms with Crippen molar-refractivity contribution in [3.8, 4) is 0 Å². The molecule has 0 aliphatic heterocycles. The zero-order valence-corrected chi connectivity index (χ0v) is 14.5. The monoisotopic (exact) mass is 327 g/mol. The molecule has 1 N–H and O–H groups in total. The first-order chi connectivity index (χ1) is 10.2. The van der Waals surface area contributed by atoms with Gasteiger partial charge in [-0.25, -0.2) is 4.98 Å². The molecule has 1 rings (SSSR count). The molecule has 0 saturated heterocycles. The Balaban J connectivity index is 2.06. The molecule has 5 heteroatoms. The summed E-state index contributed by atoms with van der Waals surface area (Å²) < 4.78 is 0. The van der Waals surface area contributed by atoms with Gasteiger partial charge in [0, 0.05) is 17.2 Å². The molecule has 0 radical (unpaired) electrons. The van der Waals surface area contributed by atoms with Crippen molar-refractivity contribution in [1.82, 2.24) is 15.2 Å². The minimum absolute atomic E-state index is 0.809. The summed E-state index contributed by atoms with van der Waals surface area (Å²) in [5, 5.41) is 8.84. The fourth-order valence-electron chi connectivity index (χ4n) is 1.97. The number of halogens is 1. The van der Waals surface area contributed by atoms with Crippen LogP contribution in [0.3, 0.4) is 0 Å². The molecule has 0 aliphatic carbocycles. The van der Waals surface area contributed by atoms with E-state index in [-0.39, 0.29) is 0 Å². The highest BCUT2D eigenvalue weighted by molar-refractivity contribution is 7.99. The molecule has 0 fully saturated rings. The fraction of sp³-hybridized carbons (Fsp3) is 0.625. The molecule has 0 unspecified atom stereocenters. The van der Waals surface area contributed by atoms with E-state index >= 15 is 0 Å². The van der Waals surface area contributed by atoms with Crippen LogP contribution in [0.4, 0.5) is 0 Å². The molecule has 0 saturated carbocycles. The second-order valence-corrected chi connectivity index (χ2v) is 6.70. The van der Waals surface area contributed by atoms with Crippen molar-refractivity contribution in [1.29, 1.82) is 0 Å². The number of thioether (sulfide) groups is 1. The van der Waals surface area contributed by atoms with E-state index in [1.165, 1.54) is 38.5 Å². The minimum atomic E-state index is 0.809. The molecular weight excluding hydrogens is 302 g/mol. The summed E-state index contributed by atoms with van der Waals surface area (Å²) >= 11 is 7.38. The maximum Gasteiger partial charge on any atom is 0.208 e. The molecule has 1 aromatic heterocycles. The van der Waals surface area contributed by atoms with E-state index in [2.05, 4.69) is 21.8 Å². The Morgan fingerprint density at radius 2 is 1.95 bits per heavy atom. The first kappa shape index (κ1) is 18.3. The maximum atomic E-state index is 5.78. The van der Waals surface area contributed by atoms with E-state index < -0.39 is 0 Å². The number of aromatic amines is 1. The van der Waals surface area contributed by atoms with Gasteiger partial charge in [0.05, 0.1) is 0 Å². The highest BCUT2D eigenvalue weighted by Crippen LogP contribution is 2.15. The quantitative estimate of drug-likeness (QED) is 0.313. The molecule has 3 nitrogen and oxygen atoms in total. The predicted octanol–water partition coefficient (Wildman–Crippen LogP) is 5.50. The van der Waals surface area contributed by atoms with Crippen LogP contribution in [0.1, 0.15) is 57.7 Å². The topological polar surface area (TPSA) is 41.6 Å². The lowest BCUT2D eigenvalue weighted by Crippen LogP contribution is -1.89. The average Bonchev–Trinajstić information content (AvgIpc) is 2.89. The lowest BCUT2D eigenvalue weighted by molar-refractivity contribution is 0.591. The molecule has 1 aromatic rings. The van der Waals surface area contributed by atoms with E-state index in [1.807, 2.05) is 19.1 Å². The molecule has 0 aliphatic rings. The molecule has 0 aromatic carbocycles. The smallest absolute Gasteiger partial charge is 0.208 e. The highest BCUT2D eigenvalue weighted by atomic mass is 35.5.